The quantitative estimate of drug-likeness (QED) is 0.453. The van der Waals surface area contributed by atoms with Crippen LogP contribution in [0.2, 0.25) is 0 Å². The number of nitrogens with zero attached hydrogens (tertiary/aromatic N) is 4. The maximum absolute atomic E-state index is 15.2. The highest BCUT2D eigenvalue weighted by Gasteiger charge is 2.54. The van der Waals surface area contributed by atoms with Crippen molar-refractivity contribution in [2.24, 2.45) is 10.7 Å². The van der Waals surface area contributed by atoms with Gasteiger partial charge in [0.2, 0.25) is 12.3 Å². The molecule has 4 heterocycles. The van der Waals surface area contributed by atoms with Gasteiger partial charge in [-0.25, -0.2) is 12.8 Å². The molecule has 2 atom stereocenters. The molecule has 174 valence electrons. The van der Waals surface area contributed by atoms with Crippen molar-refractivity contribution in [3.63, 3.8) is 0 Å². The van der Waals surface area contributed by atoms with E-state index in [-0.39, 0.29) is 16.4 Å². The second-order valence-corrected chi connectivity index (χ2v) is 11.8. The summed E-state index contributed by atoms with van der Waals surface area (Å²) in [5, 5.41) is 7.58. The number of aromatic nitrogens is 3. The second kappa shape index (κ2) is 7.81. The molecule has 1 aliphatic rings. The van der Waals surface area contributed by atoms with E-state index in [9.17, 15) is 8.42 Å². The van der Waals surface area contributed by atoms with Crippen LogP contribution in [0.3, 0.4) is 0 Å². The van der Waals surface area contributed by atoms with Gasteiger partial charge in [0.05, 0.1) is 16.3 Å². The monoisotopic (exact) mass is 497 g/mol. The summed E-state index contributed by atoms with van der Waals surface area (Å²) in [5.41, 5.74) is 6.58. The van der Waals surface area contributed by atoms with Crippen molar-refractivity contribution < 1.29 is 17.2 Å². The lowest BCUT2D eigenvalue weighted by atomic mass is 9.99. The zero-order valence-corrected chi connectivity index (χ0v) is 19.9. The number of amidine groups is 1. The molecule has 8 nitrogen and oxygen atoms in total. The predicted molar refractivity (Wildman–Crippen MR) is 127 cm³/mol. The Morgan fingerprint density at radius 1 is 1.12 bits per heavy atom. The number of thiophene rings is 1. The Hall–Kier alpha value is -3.44. The molecule has 0 amide bonds. The van der Waals surface area contributed by atoms with Gasteiger partial charge in [-0.05, 0) is 49.7 Å². The van der Waals surface area contributed by atoms with Gasteiger partial charge in [-0.1, -0.05) is 18.2 Å². The topological polar surface area (TPSA) is 124 Å². The largest absolute Gasteiger partial charge is 0.423 e. The van der Waals surface area contributed by atoms with Crippen LogP contribution in [0.15, 0.2) is 70.5 Å². The summed E-state index contributed by atoms with van der Waals surface area (Å²) >= 11 is 1.14. The summed E-state index contributed by atoms with van der Waals surface area (Å²) in [5.74, 6) is -0.727. The minimum atomic E-state index is -3.90. The van der Waals surface area contributed by atoms with Gasteiger partial charge in [0, 0.05) is 16.6 Å². The maximum atomic E-state index is 15.2. The Balaban J connectivity index is 1.58. The lowest BCUT2D eigenvalue weighted by Crippen LogP contribution is -2.54. The molecule has 0 bridgehead atoms. The third-order valence-electron chi connectivity index (χ3n) is 6.03. The average Bonchev–Trinajstić information content (AvgIpc) is 3.48. The van der Waals surface area contributed by atoms with E-state index in [0.29, 0.717) is 16.3 Å². The molecule has 0 spiro atoms. The van der Waals surface area contributed by atoms with Gasteiger partial charge in [-0.2, -0.15) is 0 Å². The molecule has 0 saturated carbocycles. The first-order chi connectivity index (χ1) is 16.1. The Morgan fingerprint density at radius 3 is 2.59 bits per heavy atom. The van der Waals surface area contributed by atoms with Crippen LogP contribution < -0.4 is 5.73 Å². The lowest BCUT2D eigenvalue weighted by molar-refractivity contribution is 0.482. The molecule has 2 N–H and O–H groups in total. The number of hydrogen-bond donors (Lipinski definition) is 1. The highest BCUT2D eigenvalue weighted by Crippen LogP contribution is 2.45. The zero-order valence-electron chi connectivity index (χ0n) is 18.3. The van der Waals surface area contributed by atoms with E-state index in [2.05, 4.69) is 20.2 Å². The minimum Gasteiger partial charge on any atom is -0.423 e. The zero-order chi connectivity index (χ0) is 24.1. The Labute approximate surface area is 199 Å². The van der Waals surface area contributed by atoms with Gasteiger partial charge < -0.3 is 10.2 Å². The number of aliphatic imine (C=N–C) groups is 1. The first-order valence-corrected chi connectivity index (χ1v) is 12.8. The molecule has 4 aromatic rings. The highest BCUT2D eigenvalue weighted by atomic mass is 32.2. The van der Waals surface area contributed by atoms with Gasteiger partial charge >= 0.3 is 0 Å². The number of sulfone groups is 1. The van der Waals surface area contributed by atoms with E-state index >= 15 is 4.39 Å². The fourth-order valence-corrected chi connectivity index (χ4v) is 7.37. The van der Waals surface area contributed by atoms with Gasteiger partial charge in [0.15, 0.2) is 14.6 Å². The molecule has 0 fully saturated rings. The van der Waals surface area contributed by atoms with Crippen molar-refractivity contribution in [3.8, 4) is 21.9 Å². The molecular formula is C23H20FN5O3S2. The maximum Gasteiger partial charge on any atom is 0.247 e. The Bertz CT molecular complexity index is 1500. The lowest BCUT2D eigenvalue weighted by Gasteiger charge is -2.38. The molecule has 3 aromatic heterocycles. The normalized spacial score (nSPS) is 24.0. The number of pyridine rings is 1. The van der Waals surface area contributed by atoms with Gasteiger partial charge in [0.25, 0.3) is 0 Å². The molecule has 1 aliphatic heterocycles. The van der Waals surface area contributed by atoms with E-state index in [0.717, 1.165) is 16.9 Å². The standard InChI is InChI=1S/C23H20FN5O3S2/c1-22(12-34(30,31)23(2,21(25)28-22)18-8-3-4-9-26-18)19-16(24)11-17(33-19)14-6-5-7-15(10-14)20-29-27-13-32-20/h3-11,13H,12H2,1-2H3,(H2,25,28). The van der Waals surface area contributed by atoms with Crippen LogP contribution >= 0.6 is 11.3 Å². The first-order valence-electron chi connectivity index (χ1n) is 10.3. The smallest absolute Gasteiger partial charge is 0.247 e. The summed E-state index contributed by atoms with van der Waals surface area (Å²) in [6, 6.07) is 13.6. The SMILES string of the molecule is CC1(c2sc(-c3cccc(-c4nnco4)c3)cc2F)CS(=O)(=O)C(C)(c2ccccn2)C(N)=N1. The van der Waals surface area contributed by atoms with Crippen LogP contribution in [0.5, 0.6) is 0 Å². The van der Waals surface area contributed by atoms with E-state index in [1.54, 1.807) is 43.3 Å². The average molecular weight is 498 g/mol. The molecule has 5 rings (SSSR count). The van der Waals surface area contributed by atoms with Crippen molar-refractivity contribution in [2.75, 3.05) is 5.75 Å². The molecule has 0 saturated heterocycles. The van der Waals surface area contributed by atoms with E-state index in [1.807, 2.05) is 6.07 Å². The fourth-order valence-electron chi connectivity index (χ4n) is 4.11. The number of rotatable bonds is 4. The summed E-state index contributed by atoms with van der Waals surface area (Å²) in [7, 11) is -3.90. The highest BCUT2D eigenvalue weighted by molar-refractivity contribution is 7.93. The Kier molecular flexibility index (Phi) is 5.14. The number of halogens is 1. The molecule has 0 radical (unpaired) electrons. The van der Waals surface area contributed by atoms with Gasteiger partial charge in [-0.3, -0.25) is 9.98 Å². The van der Waals surface area contributed by atoms with Crippen molar-refractivity contribution in [1.29, 1.82) is 0 Å². The second-order valence-electron chi connectivity index (χ2n) is 8.39. The number of nitrogens with two attached hydrogens (primary N) is 1. The van der Waals surface area contributed by atoms with E-state index < -0.39 is 31.7 Å². The van der Waals surface area contributed by atoms with E-state index in [4.69, 9.17) is 10.2 Å². The van der Waals surface area contributed by atoms with Crippen LogP contribution in [0.4, 0.5) is 4.39 Å². The van der Waals surface area contributed by atoms with Crippen LogP contribution in [0, 0.1) is 5.82 Å². The summed E-state index contributed by atoms with van der Waals surface area (Å²) < 4.78 is 45.9. The van der Waals surface area contributed by atoms with Crippen molar-refractivity contribution >= 4 is 27.0 Å². The van der Waals surface area contributed by atoms with Crippen molar-refractivity contribution in [2.45, 2.75) is 24.1 Å². The van der Waals surface area contributed by atoms with Crippen LogP contribution in [-0.2, 0) is 20.1 Å². The predicted octanol–water partition coefficient (Wildman–Crippen LogP) is 3.92. The first kappa shape index (κ1) is 22.4. The van der Waals surface area contributed by atoms with Crippen molar-refractivity contribution in [1.82, 2.24) is 15.2 Å². The molecule has 34 heavy (non-hydrogen) atoms. The third-order valence-corrected chi connectivity index (χ3v) is 10.0. The van der Waals surface area contributed by atoms with Crippen LogP contribution in [0.25, 0.3) is 21.9 Å². The van der Waals surface area contributed by atoms with Crippen LogP contribution in [-0.4, -0.2) is 35.2 Å². The summed E-state index contributed by atoms with van der Waals surface area (Å²) in [4.78, 5) is 9.56. The number of hydrogen-bond acceptors (Lipinski definition) is 9. The molecule has 0 aliphatic carbocycles. The summed E-state index contributed by atoms with van der Waals surface area (Å²) in [6.45, 7) is 3.07. The van der Waals surface area contributed by atoms with Gasteiger partial charge in [0.1, 0.15) is 17.2 Å². The fraction of sp³-hybridized carbons (Fsp3) is 0.217. The molecule has 11 heteroatoms. The van der Waals surface area contributed by atoms with E-state index in [1.165, 1.54) is 25.6 Å². The molecule has 1 aromatic carbocycles. The molecule has 2 unspecified atom stereocenters. The summed E-state index contributed by atoms with van der Waals surface area (Å²) in [6.07, 6.45) is 2.74. The van der Waals surface area contributed by atoms with Crippen LogP contribution in [0.1, 0.15) is 24.4 Å². The molecular weight excluding hydrogens is 477 g/mol. The third kappa shape index (κ3) is 3.43. The minimum absolute atomic E-state index is 0.118. The van der Waals surface area contributed by atoms with Crippen molar-refractivity contribution in [3.05, 3.63) is 77.5 Å². The Morgan fingerprint density at radius 2 is 1.91 bits per heavy atom. The number of benzene rings is 1. The van der Waals surface area contributed by atoms with Gasteiger partial charge in [-0.15, -0.1) is 21.5 Å².